The van der Waals surface area contributed by atoms with Gasteiger partial charge in [-0.2, -0.15) is 5.10 Å². The molecule has 0 unspecified atom stereocenters. The average Bonchev–Trinajstić information content (AvgIpc) is 2.79. The van der Waals surface area contributed by atoms with Crippen molar-refractivity contribution < 1.29 is 24.3 Å². The zero-order chi connectivity index (χ0) is 17.6. The van der Waals surface area contributed by atoms with E-state index in [4.69, 9.17) is 9.31 Å². The first kappa shape index (κ1) is 17.7. The molecule has 0 radical (unpaired) electrons. The Kier molecular flexibility index (Phi) is 4.45. The molecule has 0 bridgehead atoms. The molecule has 2 rings (SSSR count). The largest absolute Gasteiger partial charge is 0.492 e. The van der Waals surface area contributed by atoms with E-state index in [2.05, 4.69) is 5.10 Å². The summed E-state index contributed by atoms with van der Waals surface area (Å²) in [7, 11) is 0.840. The van der Waals surface area contributed by atoms with Gasteiger partial charge in [0.05, 0.1) is 23.5 Å². The fourth-order valence-corrected chi connectivity index (χ4v) is 2.47. The third-order valence-electron chi connectivity index (χ3n) is 4.54. The van der Waals surface area contributed by atoms with Crippen LogP contribution < -0.4 is 0 Å². The molecule has 1 aliphatic rings. The zero-order valence-corrected chi connectivity index (χ0v) is 14.4. The number of aromatic nitrogens is 2. The Hall–Kier alpha value is -1.64. The number of carboxylic acids is 1. The molecule has 0 aromatic carbocycles. The number of carboxylic acid groups (broad SMARTS) is 1. The van der Waals surface area contributed by atoms with Crippen LogP contribution in [0.3, 0.4) is 0 Å². The Labute approximate surface area is 136 Å². The van der Waals surface area contributed by atoms with E-state index < -0.39 is 24.3 Å². The van der Waals surface area contributed by atoms with Crippen LogP contribution in [0.2, 0.25) is 0 Å². The van der Waals surface area contributed by atoms with Crippen molar-refractivity contribution >= 4 is 19.2 Å². The molecule has 0 atom stereocenters. The van der Waals surface area contributed by atoms with Gasteiger partial charge in [0.1, 0.15) is 0 Å². The van der Waals surface area contributed by atoms with Crippen molar-refractivity contribution in [2.45, 2.75) is 45.8 Å². The lowest BCUT2D eigenvalue weighted by atomic mass is 9.77. The van der Waals surface area contributed by atoms with Gasteiger partial charge in [-0.25, -0.2) is 4.79 Å². The highest BCUT2D eigenvalue weighted by Crippen LogP contribution is 2.38. The molecular weight excluding hydrogens is 299 g/mol. The monoisotopic (exact) mass is 322 g/mol. The maximum absolute atomic E-state index is 11.4. The smallest absolute Gasteiger partial charge is 0.477 e. The van der Waals surface area contributed by atoms with Crippen LogP contribution >= 0.6 is 0 Å². The van der Waals surface area contributed by atoms with Crippen LogP contribution in [0.4, 0.5) is 0 Å². The van der Waals surface area contributed by atoms with Gasteiger partial charge >= 0.3 is 13.1 Å². The van der Waals surface area contributed by atoms with E-state index >= 15 is 0 Å². The standard InChI is InChI=1S/C15H23BN2O5/c1-9-11(12(13(20)21)18(6)17-9)7-10(8-19)16-22-14(2,3)15(4,5)23-16/h7,19H,8H2,1-6H3,(H,20,21). The maximum Gasteiger partial charge on any atom is 0.492 e. The molecule has 0 amide bonds. The molecule has 1 saturated heterocycles. The van der Waals surface area contributed by atoms with Crippen LogP contribution in [0, 0.1) is 6.92 Å². The molecule has 1 aromatic heterocycles. The van der Waals surface area contributed by atoms with Gasteiger partial charge in [0.25, 0.3) is 0 Å². The van der Waals surface area contributed by atoms with Crippen molar-refractivity contribution in [3.8, 4) is 0 Å². The van der Waals surface area contributed by atoms with Crippen molar-refractivity contribution in [1.82, 2.24) is 9.78 Å². The molecule has 0 aliphatic carbocycles. The minimum Gasteiger partial charge on any atom is -0.477 e. The number of rotatable bonds is 4. The van der Waals surface area contributed by atoms with E-state index in [0.717, 1.165) is 0 Å². The number of carbonyl (C=O) groups is 1. The molecule has 7 nitrogen and oxygen atoms in total. The van der Waals surface area contributed by atoms with Gasteiger partial charge in [0, 0.05) is 12.6 Å². The van der Waals surface area contributed by atoms with Gasteiger partial charge in [-0.3, -0.25) is 4.68 Å². The fraction of sp³-hybridized carbons (Fsp3) is 0.600. The second-order valence-electron chi connectivity index (χ2n) is 6.74. The van der Waals surface area contributed by atoms with Crippen molar-refractivity contribution in [2.75, 3.05) is 6.61 Å². The van der Waals surface area contributed by atoms with Gasteiger partial charge < -0.3 is 19.5 Å². The second-order valence-corrected chi connectivity index (χ2v) is 6.74. The van der Waals surface area contributed by atoms with Crippen molar-refractivity contribution in [1.29, 1.82) is 0 Å². The maximum atomic E-state index is 11.4. The first-order chi connectivity index (χ1) is 10.5. The Morgan fingerprint density at radius 3 is 2.26 bits per heavy atom. The van der Waals surface area contributed by atoms with E-state index in [0.29, 0.717) is 16.7 Å². The highest BCUT2D eigenvalue weighted by molar-refractivity contribution is 6.55. The van der Waals surface area contributed by atoms with Gasteiger partial charge in [-0.1, -0.05) is 6.08 Å². The van der Waals surface area contributed by atoms with Crippen LogP contribution in [-0.2, 0) is 16.4 Å². The molecule has 126 valence electrons. The van der Waals surface area contributed by atoms with Crippen molar-refractivity contribution in [3.05, 3.63) is 22.4 Å². The van der Waals surface area contributed by atoms with Gasteiger partial charge in [0.15, 0.2) is 5.69 Å². The second kappa shape index (κ2) is 5.77. The van der Waals surface area contributed by atoms with Gasteiger partial charge in [0.2, 0.25) is 0 Å². The van der Waals surface area contributed by atoms with E-state index in [1.54, 1.807) is 20.0 Å². The van der Waals surface area contributed by atoms with E-state index in [1.165, 1.54) is 4.68 Å². The van der Waals surface area contributed by atoms with Gasteiger partial charge in [-0.15, -0.1) is 0 Å². The number of aliphatic hydroxyl groups is 1. The Bertz CT molecular complexity index is 647. The van der Waals surface area contributed by atoms with Crippen LogP contribution in [0.25, 0.3) is 6.08 Å². The summed E-state index contributed by atoms with van der Waals surface area (Å²) in [4.78, 5) is 11.4. The third-order valence-corrected chi connectivity index (χ3v) is 4.54. The third kappa shape index (κ3) is 3.06. The lowest BCUT2D eigenvalue weighted by Crippen LogP contribution is -2.41. The number of nitrogens with zero attached hydrogens (tertiary/aromatic N) is 2. The zero-order valence-electron chi connectivity index (χ0n) is 14.4. The SMILES string of the molecule is Cc1nn(C)c(C(=O)O)c1C=C(CO)B1OC(C)(C)C(C)(C)O1. The van der Waals surface area contributed by atoms with Crippen LogP contribution in [0.15, 0.2) is 5.47 Å². The summed E-state index contributed by atoms with van der Waals surface area (Å²) >= 11 is 0. The molecule has 0 saturated carbocycles. The summed E-state index contributed by atoms with van der Waals surface area (Å²) in [5.74, 6) is -1.08. The Balaban J connectivity index is 2.44. The van der Waals surface area contributed by atoms with E-state index in [9.17, 15) is 15.0 Å². The number of aliphatic hydroxyl groups excluding tert-OH is 1. The summed E-state index contributed by atoms with van der Waals surface area (Å²) in [6.07, 6.45) is 1.59. The summed E-state index contributed by atoms with van der Waals surface area (Å²) in [5.41, 5.74) is 0.454. The molecule has 1 aliphatic heterocycles. The van der Waals surface area contributed by atoms with Crippen LogP contribution in [0.5, 0.6) is 0 Å². The average molecular weight is 322 g/mol. The highest BCUT2D eigenvalue weighted by atomic mass is 16.7. The van der Waals surface area contributed by atoms with Crippen LogP contribution in [0.1, 0.15) is 49.4 Å². The van der Waals surface area contributed by atoms with Crippen LogP contribution in [-0.4, -0.2) is 50.9 Å². The highest BCUT2D eigenvalue weighted by Gasteiger charge is 2.52. The molecule has 23 heavy (non-hydrogen) atoms. The molecule has 2 N–H and O–H groups in total. The first-order valence-electron chi connectivity index (χ1n) is 7.44. The fourth-order valence-electron chi connectivity index (χ4n) is 2.47. The van der Waals surface area contributed by atoms with Gasteiger partial charge in [-0.05, 0) is 40.1 Å². The summed E-state index contributed by atoms with van der Waals surface area (Å²) < 4.78 is 13.1. The number of aromatic carboxylic acids is 1. The summed E-state index contributed by atoms with van der Waals surface area (Å²) in [6.45, 7) is 9.09. The lowest BCUT2D eigenvalue weighted by Gasteiger charge is -2.32. The Morgan fingerprint density at radius 1 is 1.30 bits per heavy atom. The Morgan fingerprint density at radius 2 is 1.83 bits per heavy atom. The minimum absolute atomic E-state index is 0.0602. The molecule has 0 spiro atoms. The molecule has 1 aromatic rings. The lowest BCUT2D eigenvalue weighted by molar-refractivity contribution is 0.00578. The number of aryl methyl sites for hydroxylation is 2. The topological polar surface area (TPSA) is 93.8 Å². The summed E-state index contributed by atoms with van der Waals surface area (Å²) in [5, 5.41) is 23.2. The summed E-state index contributed by atoms with van der Waals surface area (Å²) in [6, 6.07) is 0. The predicted molar refractivity (Wildman–Crippen MR) is 86.0 cm³/mol. The molecular formula is C15H23BN2O5. The van der Waals surface area contributed by atoms with Crippen molar-refractivity contribution in [3.63, 3.8) is 0 Å². The first-order valence-corrected chi connectivity index (χ1v) is 7.44. The van der Waals surface area contributed by atoms with Crippen molar-refractivity contribution in [2.24, 2.45) is 7.05 Å². The molecule has 2 heterocycles. The minimum atomic E-state index is -1.08. The van der Waals surface area contributed by atoms with E-state index in [1.807, 2.05) is 27.7 Å². The number of hydrogen-bond acceptors (Lipinski definition) is 5. The number of hydrogen-bond donors (Lipinski definition) is 2. The van der Waals surface area contributed by atoms with E-state index in [-0.39, 0.29) is 12.3 Å². The molecule has 8 heteroatoms. The quantitative estimate of drug-likeness (QED) is 0.815. The predicted octanol–water partition coefficient (Wildman–Crippen LogP) is 1.43. The normalized spacial score (nSPS) is 20.1. The molecule has 1 fully saturated rings.